The smallest absolute Gasteiger partial charge is 0.257 e. The minimum absolute atomic E-state index is 0.0762. The second-order valence-electron chi connectivity index (χ2n) is 8.36. The van der Waals surface area contributed by atoms with Crippen molar-refractivity contribution in [1.82, 2.24) is 20.0 Å². The number of ether oxygens (including phenoxy) is 1. The van der Waals surface area contributed by atoms with Gasteiger partial charge in [-0.15, -0.1) is 0 Å². The van der Waals surface area contributed by atoms with Gasteiger partial charge in [-0.2, -0.15) is 5.10 Å². The number of aliphatic hydroxyl groups excluding tert-OH is 1. The Morgan fingerprint density at radius 2 is 1.93 bits per heavy atom. The molecule has 27 heavy (non-hydrogen) atoms. The summed E-state index contributed by atoms with van der Waals surface area (Å²) in [5.41, 5.74) is 1.77. The standard InChI is InChI=1S/C20H32N4O3/c25-14-17-13-24(12-16(17)11-23-6-8-27-9-7-23)20(26)18-10-21-22-19(18)15-4-2-1-3-5-15/h10,15-17,25H,1-9,11-14H2,(H,21,22)/t16-,17-/m1/s1. The van der Waals surface area contributed by atoms with Gasteiger partial charge in [0, 0.05) is 51.2 Å². The summed E-state index contributed by atoms with van der Waals surface area (Å²) >= 11 is 0. The summed E-state index contributed by atoms with van der Waals surface area (Å²) < 4.78 is 5.43. The fraction of sp³-hybridized carbons (Fsp3) is 0.800. The third-order valence-electron chi connectivity index (χ3n) is 6.61. The Kier molecular flexibility index (Phi) is 6.10. The quantitative estimate of drug-likeness (QED) is 0.813. The predicted octanol–water partition coefficient (Wildman–Crippen LogP) is 1.47. The Hall–Kier alpha value is -1.44. The molecule has 1 saturated carbocycles. The van der Waals surface area contributed by atoms with E-state index >= 15 is 0 Å². The number of morpholine rings is 1. The number of aromatic amines is 1. The number of rotatable bonds is 5. The van der Waals surface area contributed by atoms with Gasteiger partial charge in [0.15, 0.2) is 0 Å². The molecule has 3 heterocycles. The Morgan fingerprint density at radius 1 is 1.19 bits per heavy atom. The van der Waals surface area contributed by atoms with Crippen LogP contribution in [0, 0.1) is 11.8 Å². The molecule has 0 radical (unpaired) electrons. The fourth-order valence-corrected chi connectivity index (χ4v) is 4.97. The molecule has 0 spiro atoms. The molecule has 1 aliphatic carbocycles. The minimum atomic E-state index is 0.0762. The number of hydrogen-bond donors (Lipinski definition) is 2. The summed E-state index contributed by atoms with van der Waals surface area (Å²) in [6.07, 6.45) is 7.74. The first-order valence-corrected chi connectivity index (χ1v) is 10.5. The number of likely N-dealkylation sites (tertiary alicyclic amines) is 1. The molecule has 2 N–H and O–H groups in total. The highest BCUT2D eigenvalue weighted by Gasteiger charge is 2.37. The largest absolute Gasteiger partial charge is 0.396 e. The van der Waals surface area contributed by atoms with E-state index in [-0.39, 0.29) is 18.4 Å². The summed E-state index contributed by atoms with van der Waals surface area (Å²) in [4.78, 5) is 17.6. The number of amides is 1. The van der Waals surface area contributed by atoms with Crippen molar-refractivity contribution in [3.05, 3.63) is 17.5 Å². The summed E-state index contributed by atoms with van der Waals surface area (Å²) in [6, 6.07) is 0. The molecule has 2 saturated heterocycles. The van der Waals surface area contributed by atoms with E-state index < -0.39 is 0 Å². The topological polar surface area (TPSA) is 81.7 Å². The van der Waals surface area contributed by atoms with Crippen LogP contribution in [-0.2, 0) is 4.74 Å². The Labute approximate surface area is 161 Å². The zero-order valence-corrected chi connectivity index (χ0v) is 16.1. The normalized spacial score (nSPS) is 28.0. The Balaban J connectivity index is 1.42. The van der Waals surface area contributed by atoms with Crippen molar-refractivity contribution in [2.75, 3.05) is 52.5 Å². The third kappa shape index (κ3) is 4.20. The SMILES string of the molecule is O=C(c1cn[nH]c1C1CCCCC1)N1C[C@@H](CN2CCOCC2)[C@@H](CO)C1. The van der Waals surface area contributed by atoms with Gasteiger partial charge in [0.1, 0.15) is 0 Å². The van der Waals surface area contributed by atoms with Crippen molar-refractivity contribution in [2.45, 2.75) is 38.0 Å². The van der Waals surface area contributed by atoms with Crippen LogP contribution < -0.4 is 0 Å². The molecular weight excluding hydrogens is 344 g/mol. The highest BCUT2D eigenvalue weighted by Crippen LogP contribution is 2.34. The number of hydrogen-bond acceptors (Lipinski definition) is 5. The van der Waals surface area contributed by atoms with Crippen LogP contribution >= 0.6 is 0 Å². The van der Waals surface area contributed by atoms with Gasteiger partial charge in [-0.1, -0.05) is 19.3 Å². The number of nitrogens with zero attached hydrogens (tertiary/aromatic N) is 3. The zero-order valence-electron chi connectivity index (χ0n) is 16.1. The molecule has 4 rings (SSSR count). The lowest BCUT2D eigenvalue weighted by Gasteiger charge is -2.30. The third-order valence-corrected chi connectivity index (χ3v) is 6.61. The first-order chi connectivity index (χ1) is 13.3. The van der Waals surface area contributed by atoms with E-state index in [0.29, 0.717) is 18.4 Å². The van der Waals surface area contributed by atoms with Crippen molar-refractivity contribution < 1.29 is 14.6 Å². The van der Waals surface area contributed by atoms with Crippen molar-refractivity contribution in [1.29, 1.82) is 0 Å². The van der Waals surface area contributed by atoms with Crippen LogP contribution in [0.3, 0.4) is 0 Å². The highest BCUT2D eigenvalue weighted by atomic mass is 16.5. The molecule has 2 atom stereocenters. The average Bonchev–Trinajstić information content (AvgIpc) is 3.36. The molecule has 3 aliphatic rings. The van der Waals surface area contributed by atoms with E-state index in [0.717, 1.165) is 63.5 Å². The summed E-state index contributed by atoms with van der Waals surface area (Å²) in [5.74, 6) is 0.983. The van der Waals surface area contributed by atoms with Gasteiger partial charge in [0.25, 0.3) is 5.91 Å². The number of aromatic nitrogens is 2. The Morgan fingerprint density at radius 3 is 2.67 bits per heavy atom. The number of carbonyl (C=O) groups is 1. The van der Waals surface area contributed by atoms with Gasteiger partial charge in [-0.05, 0) is 18.8 Å². The number of nitrogens with one attached hydrogen (secondary N) is 1. The summed E-state index contributed by atoms with van der Waals surface area (Å²) in [6.45, 7) is 5.86. The van der Waals surface area contributed by atoms with Crippen LogP contribution in [0.15, 0.2) is 6.20 Å². The first kappa shape index (κ1) is 18.9. The van der Waals surface area contributed by atoms with Crippen molar-refractivity contribution in [3.8, 4) is 0 Å². The maximum atomic E-state index is 13.2. The second kappa shape index (κ2) is 8.71. The highest BCUT2D eigenvalue weighted by molar-refractivity contribution is 5.95. The molecule has 7 heteroatoms. The van der Waals surface area contributed by atoms with Gasteiger partial charge in [-0.25, -0.2) is 0 Å². The van der Waals surface area contributed by atoms with Crippen LogP contribution in [0.4, 0.5) is 0 Å². The molecule has 0 unspecified atom stereocenters. The zero-order chi connectivity index (χ0) is 18.6. The Bertz CT molecular complexity index is 622. The molecule has 2 aliphatic heterocycles. The van der Waals surface area contributed by atoms with Crippen LogP contribution in [0.1, 0.15) is 54.1 Å². The monoisotopic (exact) mass is 376 g/mol. The maximum absolute atomic E-state index is 13.2. The molecule has 3 fully saturated rings. The van der Waals surface area contributed by atoms with E-state index in [9.17, 15) is 9.90 Å². The molecule has 0 bridgehead atoms. The lowest BCUT2D eigenvalue weighted by molar-refractivity contribution is 0.0264. The molecule has 1 amide bonds. The number of H-pyrrole nitrogens is 1. The second-order valence-corrected chi connectivity index (χ2v) is 8.36. The first-order valence-electron chi connectivity index (χ1n) is 10.5. The molecule has 1 aromatic rings. The van der Waals surface area contributed by atoms with E-state index in [1.165, 1.54) is 19.3 Å². The van der Waals surface area contributed by atoms with Crippen LogP contribution in [0.5, 0.6) is 0 Å². The molecule has 7 nitrogen and oxygen atoms in total. The van der Waals surface area contributed by atoms with Crippen molar-refractivity contribution >= 4 is 5.91 Å². The van der Waals surface area contributed by atoms with Gasteiger partial charge < -0.3 is 14.7 Å². The van der Waals surface area contributed by atoms with Gasteiger partial charge >= 0.3 is 0 Å². The summed E-state index contributed by atoms with van der Waals surface area (Å²) in [7, 11) is 0. The molecule has 150 valence electrons. The molecule has 1 aromatic heterocycles. The molecular formula is C20H32N4O3. The van der Waals surface area contributed by atoms with Crippen LogP contribution in [0.25, 0.3) is 0 Å². The number of aliphatic hydroxyl groups is 1. The lowest BCUT2D eigenvalue weighted by atomic mass is 9.85. The minimum Gasteiger partial charge on any atom is -0.396 e. The summed E-state index contributed by atoms with van der Waals surface area (Å²) in [5, 5.41) is 17.2. The maximum Gasteiger partial charge on any atom is 0.257 e. The van der Waals surface area contributed by atoms with Crippen molar-refractivity contribution in [3.63, 3.8) is 0 Å². The fourth-order valence-electron chi connectivity index (χ4n) is 4.97. The van der Waals surface area contributed by atoms with E-state index in [2.05, 4.69) is 15.1 Å². The lowest BCUT2D eigenvalue weighted by Crippen LogP contribution is -2.41. The van der Waals surface area contributed by atoms with Gasteiger partial charge in [0.05, 0.1) is 30.7 Å². The van der Waals surface area contributed by atoms with Gasteiger partial charge in [-0.3, -0.25) is 14.8 Å². The molecule has 0 aromatic carbocycles. The van der Waals surface area contributed by atoms with Crippen LogP contribution in [0.2, 0.25) is 0 Å². The van der Waals surface area contributed by atoms with E-state index in [4.69, 9.17) is 4.74 Å². The predicted molar refractivity (Wildman–Crippen MR) is 102 cm³/mol. The van der Waals surface area contributed by atoms with E-state index in [1.54, 1.807) is 6.20 Å². The number of carbonyl (C=O) groups excluding carboxylic acids is 1. The van der Waals surface area contributed by atoms with Crippen LogP contribution in [-0.4, -0.2) is 83.6 Å². The van der Waals surface area contributed by atoms with Gasteiger partial charge in [0.2, 0.25) is 0 Å². The van der Waals surface area contributed by atoms with E-state index in [1.807, 2.05) is 4.90 Å². The van der Waals surface area contributed by atoms with Crippen molar-refractivity contribution in [2.24, 2.45) is 11.8 Å². The average molecular weight is 377 g/mol.